The van der Waals surface area contributed by atoms with E-state index in [1.165, 1.54) is 4.90 Å². The molecule has 146 valence electrons. The second-order valence-corrected chi connectivity index (χ2v) is 9.55. The van der Waals surface area contributed by atoms with Gasteiger partial charge >= 0.3 is 0 Å². The highest BCUT2D eigenvalue weighted by molar-refractivity contribution is 9.10. The Bertz CT molecular complexity index is 904. The molecular formula is C22H23BrN2O3. The highest BCUT2D eigenvalue weighted by atomic mass is 79.9. The maximum atomic E-state index is 12.9. The summed E-state index contributed by atoms with van der Waals surface area (Å²) in [5, 5.41) is 2.92. The molecule has 0 radical (unpaired) electrons. The maximum Gasteiger partial charge on any atom is 0.233 e. The molecular weight excluding hydrogens is 420 g/mol. The first-order chi connectivity index (χ1) is 13.4. The number of hydrogen-bond acceptors (Lipinski definition) is 3. The quantitative estimate of drug-likeness (QED) is 0.573. The van der Waals surface area contributed by atoms with Crippen LogP contribution < -0.4 is 5.32 Å². The Morgan fingerprint density at radius 3 is 2.29 bits per heavy atom. The van der Waals surface area contributed by atoms with Gasteiger partial charge in [0.05, 0.1) is 11.8 Å². The number of halogens is 1. The van der Waals surface area contributed by atoms with Crippen LogP contribution in [0.15, 0.2) is 28.8 Å². The zero-order chi connectivity index (χ0) is 19.7. The lowest BCUT2D eigenvalue weighted by Gasteiger charge is -2.37. The van der Waals surface area contributed by atoms with Crippen molar-refractivity contribution in [1.29, 1.82) is 0 Å². The molecule has 1 saturated heterocycles. The third-order valence-electron chi connectivity index (χ3n) is 7.10. The summed E-state index contributed by atoms with van der Waals surface area (Å²) in [5.41, 5.74) is 2.77. The molecule has 28 heavy (non-hydrogen) atoms. The highest BCUT2D eigenvalue weighted by Gasteiger charge is 2.66. The number of amides is 3. The standard InChI is InChI=1S/C22H23BrN2O3/c1-10-8-17(11(2)7-16(10)23)24-18(26)5-6-25-21(27)19-12-3-4-13(15-9-14(12)15)20(19)22(25)28/h3-4,7-8,12-15,19-20H,5-6,9H2,1-2H3,(H,24,26)/t12-,13-,14-,15-,19-,20+/m0/s1. The van der Waals surface area contributed by atoms with Gasteiger partial charge in [0, 0.05) is 23.1 Å². The van der Waals surface area contributed by atoms with E-state index in [2.05, 4.69) is 33.4 Å². The number of nitrogens with one attached hydrogen (secondary N) is 1. The first-order valence-corrected chi connectivity index (χ1v) is 10.8. The van der Waals surface area contributed by atoms with Crippen LogP contribution in [0.3, 0.4) is 0 Å². The molecule has 3 fully saturated rings. The molecule has 1 heterocycles. The summed E-state index contributed by atoms with van der Waals surface area (Å²) in [6, 6.07) is 3.89. The molecule has 6 rings (SSSR count). The number of benzene rings is 1. The molecule has 1 aliphatic heterocycles. The largest absolute Gasteiger partial charge is 0.326 e. The predicted octanol–water partition coefficient (Wildman–Crippen LogP) is 3.45. The van der Waals surface area contributed by atoms with Crippen LogP contribution in [0.1, 0.15) is 24.0 Å². The van der Waals surface area contributed by atoms with E-state index in [9.17, 15) is 14.4 Å². The molecule has 5 nitrogen and oxygen atoms in total. The number of rotatable bonds is 4. The minimum Gasteiger partial charge on any atom is -0.326 e. The number of carbonyl (C=O) groups is 3. The number of hydrogen-bond donors (Lipinski definition) is 1. The van der Waals surface area contributed by atoms with Crippen molar-refractivity contribution in [2.24, 2.45) is 35.5 Å². The average Bonchev–Trinajstić information content (AvgIpc) is 3.43. The number of imide groups is 1. The summed E-state index contributed by atoms with van der Waals surface area (Å²) in [6.45, 7) is 4.07. The molecule has 6 atom stereocenters. The van der Waals surface area contributed by atoms with E-state index >= 15 is 0 Å². The number of nitrogens with zero attached hydrogens (tertiary/aromatic N) is 1. The molecule has 2 saturated carbocycles. The Labute approximate surface area is 172 Å². The number of allylic oxidation sites excluding steroid dienone is 2. The molecule has 0 spiro atoms. The van der Waals surface area contributed by atoms with Gasteiger partial charge in [-0.2, -0.15) is 0 Å². The topological polar surface area (TPSA) is 66.5 Å². The molecule has 0 aromatic heterocycles. The summed E-state index contributed by atoms with van der Waals surface area (Å²) in [5.74, 6) is 0.957. The van der Waals surface area contributed by atoms with Gasteiger partial charge in [-0.1, -0.05) is 28.1 Å². The first-order valence-electron chi connectivity index (χ1n) is 9.97. The van der Waals surface area contributed by atoms with Gasteiger partial charge in [-0.05, 0) is 67.2 Å². The molecule has 5 aliphatic rings. The first kappa shape index (κ1) is 18.1. The summed E-state index contributed by atoms with van der Waals surface area (Å²) < 4.78 is 1.00. The summed E-state index contributed by atoms with van der Waals surface area (Å²) in [4.78, 5) is 39.7. The fourth-order valence-electron chi connectivity index (χ4n) is 5.58. The van der Waals surface area contributed by atoms with Crippen molar-refractivity contribution in [3.05, 3.63) is 39.9 Å². The lowest BCUT2D eigenvalue weighted by Crippen LogP contribution is -2.40. The molecule has 1 N–H and O–H groups in total. The lowest BCUT2D eigenvalue weighted by atomic mass is 9.63. The SMILES string of the molecule is Cc1cc(NC(=O)CCN2C(=O)[C@@H]3[C@H]4C=C[C@@H]([C@@H]5C[C@@H]45)[C@@H]3C2=O)c(C)cc1Br. The minimum atomic E-state index is -0.189. The number of carbonyl (C=O) groups excluding carboxylic acids is 3. The maximum absolute atomic E-state index is 12.9. The molecule has 6 heteroatoms. The molecule has 4 aliphatic carbocycles. The molecule has 0 unspecified atom stereocenters. The Morgan fingerprint density at radius 2 is 1.68 bits per heavy atom. The predicted molar refractivity (Wildman–Crippen MR) is 108 cm³/mol. The van der Waals surface area contributed by atoms with Gasteiger partial charge < -0.3 is 5.32 Å². The molecule has 1 aromatic carbocycles. The second-order valence-electron chi connectivity index (χ2n) is 8.70. The van der Waals surface area contributed by atoms with E-state index in [0.29, 0.717) is 11.8 Å². The van der Waals surface area contributed by atoms with Crippen LogP contribution in [0, 0.1) is 49.4 Å². The van der Waals surface area contributed by atoms with Crippen molar-refractivity contribution in [1.82, 2.24) is 4.90 Å². The fraction of sp³-hybridized carbons (Fsp3) is 0.500. The van der Waals surface area contributed by atoms with E-state index in [1.807, 2.05) is 26.0 Å². The van der Waals surface area contributed by atoms with Crippen molar-refractivity contribution in [3.8, 4) is 0 Å². The number of aryl methyl sites for hydroxylation is 2. The van der Waals surface area contributed by atoms with Crippen LogP contribution in [0.25, 0.3) is 0 Å². The molecule has 2 bridgehead atoms. The van der Waals surface area contributed by atoms with Crippen molar-refractivity contribution < 1.29 is 14.4 Å². The van der Waals surface area contributed by atoms with Crippen molar-refractivity contribution in [3.63, 3.8) is 0 Å². The van der Waals surface area contributed by atoms with E-state index in [0.717, 1.165) is 27.7 Å². The monoisotopic (exact) mass is 442 g/mol. The van der Waals surface area contributed by atoms with Gasteiger partial charge in [-0.25, -0.2) is 0 Å². The van der Waals surface area contributed by atoms with Gasteiger partial charge in [0.1, 0.15) is 0 Å². The van der Waals surface area contributed by atoms with Gasteiger partial charge in [0.25, 0.3) is 0 Å². The Kier molecular flexibility index (Phi) is 4.06. The zero-order valence-electron chi connectivity index (χ0n) is 15.9. The minimum absolute atomic E-state index is 0.0665. The van der Waals surface area contributed by atoms with Crippen LogP contribution in [-0.2, 0) is 14.4 Å². The normalized spacial score (nSPS) is 34.5. The van der Waals surface area contributed by atoms with Gasteiger partial charge in [0.2, 0.25) is 17.7 Å². The van der Waals surface area contributed by atoms with Crippen molar-refractivity contribution >= 4 is 39.3 Å². The van der Waals surface area contributed by atoms with Crippen LogP contribution >= 0.6 is 15.9 Å². The van der Waals surface area contributed by atoms with Crippen molar-refractivity contribution in [2.75, 3.05) is 11.9 Å². The van der Waals surface area contributed by atoms with Crippen molar-refractivity contribution in [2.45, 2.75) is 26.7 Å². The third kappa shape index (κ3) is 2.60. The van der Waals surface area contributed by atoms with Gasteiger partial charge in [-0.15, -0.1) is 0 Å². The summed E-state index contributed by atoms with van der Waals surface area (Å²) in [6.07, 6.45) is 5.62. The zero-order valence-corrected chi connectivity index (χ0v) is 17.5. The average molecular weight is 443 g/mol. The molecule has 1 aromatic rings. The highest BCUT2D eigenvalue weighted by Crippen LogP contribution is 2.65. The van der Waals surface area contributed by atoms with Crippen LogP contribution in [0.4, 0.5) is 5.69 Å². The lowest BCUT2D eigenvalue weighted by molar-refractivity contribution is -0.140. The fourth-order valence-corrected chi connectivity index (χ4v) is 6.04. The number of anilines is 1. The summed E-state index contributed by atoms with van der Waals surface area (Å²) in [7, 11) is 0. The van der Waals surface area contributed by atoms with Crippen LogP contribution in [0.5, 0.6) is 0 Å². The molecule has 3 amide bonds. The van der Waals surface area contributed by atoms with Crippen LogP contribution in [0.2, 0.25) is 0 Å². The summed E-state index contributed by atoms with van der Waals surface area (Å²) >= 11 is 3.49. The van der Waals surface area contributed by atoms with E-state index in [-0.39, 0.29) is 54.4 Å². The van der Waals surface area contributed by atoms with Gasteiger partial charge in [-0.3, -0.25) is 19.3 Å². The Hall–Kier alpha value is -1.95. The van der Waals surface area contributed by atoms with E-state index < -0.39 is 0 Å². The van der Waals surface area contributed by atoms with Gasteiger partial charge in [0.15, 0.2) is 0 Å². The van der Waals surface area contributed by atoms with Crippen LogP contribution in [-0.4, -0.2) is 29.2 Å². The van der Waals surface area contributed by atoms with E-state index in [4.69, 9.17) is 0 Å². The second kappa shape index (κ2) is 6.28. The Balaban J connectivity index is 1.25. The third-order valence-corrected chi connectivity index (χ3v) is 7.95. The smallest absolute Gasteiger partial charge is 0.233 e. The van der Waals surface area contributed by atoms with E-state index in [1.54, 1.807) is 0 Å². The Morgan fingerprint density at radius 1 is 1.07 bits per heavy atom. The number of likely N-dealkylation sites (tertiary alicyclic amines) is 1.